The van der Waals surface area contributed by atoms with Gasteiger partial charge in [0.1, 0.15) is 17.2 Å². The van der Waals surface area contributed by atoms with Crippen LogP contribution in [0.3, 0.4) is 0 Å². The Hall–Kier alpha value is -1.49. The summed E-state index contributed by atoms with van der Waals surface area (Å²) < 4.78 is 0. The van der Waals surface area contributed by atoms with Crippen molar-refractivity contribution in [1.82, 2.24) is 15.2 Å². The summed E-state index contributed by atoms with van der Waals surface area (Å²) in [6.07, 6.45) is 0. The maximum atomic E-state index is 5.42. The van der Waals surface area contributed by atoms with Crippen LogP contribution < -0.4 is 5.73 Å². The van der Waals surface area contributed by atoms with Gasteiger partial charge in [-0.3, -0.25) is 0 Å². The van der Waals surface area contributed by atoms with Crippen LogP contribution in [0.4, 0.5) is 5.82 Å². The molecule has 2 aromatic heterocycles. The zero-order valence-electron chi connectivity index (χ0n) is 7.06. The minimum Gasteiger partial charge on any atom is -0.382 e. The van der Waals surface area contributed by atoms with Crippen LogP contribution in [0.1, 0.15) is 5.01 Å². The van der Waals surface area contributed by atoms with E-state index in [1.807, 2.05) is 18.4 Å². The Kier molecular flexibility index (Phi) is 1.94. The van der Waals surface area contributed by atoms with Crippen molar-refractivity contribution in [3.8, 4) is 11.4 Å². The van der Waals surface area contributed by atoms with Gasteiger partial charge in [-0.2, -0.15) is 0 Å². The highest BCUT2D eigenvalue weighted by molar-refractivity contribution is 7.09. The fourth-order valence-corrected chi connectivity index (χ4v) is 1.57. The third kappa shape index (κ3) is 1.65. The van der Waals surface area contributed by atoms with Crippen molar-refractivity contribution in [2.75, 3.05) is 5.73 Å². The van der Waals surface area contributed by atoms with E-state index < -0.39 is 0 Å². The molecule has 66 valence electrons. The minimum atomic E-state index is 0.427. The fourth-order valence-electron chi connectivity index (χ4n) is 0.960. The molecule has 0 amide bonds. The molecule has 0 aliphatic rings. The lowest BCUT2D eigenvalue weighted by Gasteiger charge is -1.93. The highest BCUT2D eigenvalue weighted by Crippen LogP contribution is 2.18. The van der Waals surface area contributed by atoms with Crippen molar-refractivity contribution in [3.63, 3.8) is 0 Å². The van der Waals surface area contributed by atoms with Gasteiger partial charge in [-0.15, -0.1) is 21.5 Å². The number of hydrogen-bond donors (Lipinski definition) is 1. The summed E-state index contributed by atoms with van der Waals surface area (Å²) in [5.74, 6) is 0.427. The van der Waals surface area contributed by atoms with Crippen molar-refractivity contribution in [3.05, 3.63) is 22.5 Å². The Morgan fingerprint density at radius 3 is 2.62 bits per heavy atom. The summed E-state index contributed by atoms with van der Waals surface area (Å²) in [6.45, 7) is 1.96. The van der Waals surface area contributed by atoms with Gasteiger partial charge in [0.25, 0.3) is 0 Å². The van der Waals surface area contributed by atoms with Gasteiger partial charge in [0.05, 0.1) is 5.01 Å². The molecule has 2 N–H and O–H groups in total. The van der Waals surface area contributed by atoms with Crippen LogP contribution in [0.5, 0.6) is 0 Å². The first-order chi connectivity index (χ1) is 6.25. The monoisotopic (exact) mass is 192 g/mol. The Balaban J connectivity index is 2.41. The van der Waals surface area contributed by atoms with Crippen LogP contribution in [0.25, 0.3) is 11.4 Å². The third-order valence-corrected chi connectivity index (χ3v) is 2.34. The largest absolute Gasteiger partial charge is 0.382 e. The van der Waals surface area contributed by atoms with Crippen molar-refractivity contribution in [2.24, 2.45) is 0 Å². The first-order valence-electron chi connectivity index (χ1n) is 3.77. The molecule has 0 saturated heterocycles. The van der Waals surface area contributed by atoms with Gasteiger partial charge in [0, 0.05) is 5.38 Å². The molecule has 0 radical (unpaired) electrons. The quantitative estimate of drug-likeness (QED) is 0.743. The third-order valence-electron chi connectivity index (χ3n) is 1.57. The van der Waals surface area contributed by atoms with Crippen molar-refractivity contribution >= 4 is 17.2 Å². The molecule has 5 heteroatoms. The molecule has 4 nitrogen and oxygen atoms in total. The van der Waals surface area contributed by atoms with E-state index in [0.717, 1.165) is 16.4 Å². The Bertz CT molecular complexity index is 406. The molecule has 0 unspecified atom stereocenters. The summed E-state index contributed by atoms with van der Waals surface area (Å²) in [6, 6.07) is 3.54. The molecule has 2 heterocycles. The molecule has 2 aromatic rings. The standard InChI is InChI=1S/C8H8N4S/c1-5-10-7(4-13-5)6-2-3-8(9)12-11-6/h2-4H,1H3,(H2,9,12). The maximum Gasteiger partial charge on any atom is 0.146 e. The number of aryl methyl sites for hydroxylation is 1. The second kappa shape index (κ2) is 3.10. The van der Waals surface area contributed by atoms with Gasteiger partial charge in [0.15, 0.2) is 0 Å². The predicted octanol–water partition coefficient (Wildman–Crippen LogP) is 1.49. The maximum absolute atomic E-state index is 5.42. The van der Waals surface area contributed by atoms with Crippen LogP contribution in [-0.4, -0.2) is 15.2 Å². The molecule has 2 rings (SSSR count). The van der Waals surface area contributed by atoms with Crippen LogP contribution in [0.2, 0.25) is 0 Å². The zero-order chi connectivity index (χ0) is 9.26. The Morgan fingerprint density at radius 2 is 2.08 bits per heavy atom. The number of anilines is 1. The van der Waals surface area contributed by atoms with Gasteiger partial charge < -0.3 is 5.73 Å². The van der Waals surface area contributed by atoms with E-state index in [0.29, 0.717) is 5.82 Å². The summed E-state index contributed by atoms with van der Waals surface area (Å²) >= 11 is 1.59. The summed E-state index contributed by atoms with van der Waals surface area (Å²) in [4.78, 5) is 4.29. The minimum absolute atomic E-state index is 0.427. The highest BCUT2D eigenvalue weighted by atomic mass is 32.1. The van der Waals surface area contributed by atoms with Gasteiger partial charge in [0.2, 0.25) is 0 Å². The number of nitrogens with zero attached hydrogens (tertiary/aromatic N) is 3. The number of thiazole rings is 1. The number of rotatable bonds is 1. The van der Waals surface area contributed by atoms with Crippen molar-refractivity contribution in [2.45, 2.75) is 6.92 Å². The topological polar surface area (TPSA) is 64.7 Å². The molecule has 0 saturated carbocycles. The predicted molar refractivity (Wildman–Crippen MR) is 52.3 cm³/mol. The number of aromatic nitrogens is 3. The van der Waals surface area contributed by atoms with Crippen LogP contribution in [0.15, 0.2) is 17.5 Å². The first-order valence-corrected chi connectivity index (χ1v) is 4.65. The van der Waals surface area contributed by atoms with E-state index >= 15 is 0 Å². The number of nitrogen functional groups attached to an aromatic ring is 1. The van der Waals surface area contributed by atoms with Crippen molar-refractivity contribution in [1.29, 1.82) is 0 Å². The van der Waals surface area contributed by atoms with Gasteiger partial charge >= 0.3 is 0 Å². The normalized spacial score (nSPS) is 10.2. The van der Waals surface area contributed by atoms with Crippen LogP contribution >= 0.6 is 11.3 Å². The molecule has 0 aliphatic heterocycles. The fraction of sp³-hybridized carbons (Fsp3) is 0.125. The average Bonchev–Trinajstić information content (AvgIpc) is 2.53. The summed E-state index contributed by atoms with van der Waals surface area (Å²) in [5, 5.41) is 10.7. The SMILES string of the molecule is Cc1nc(-c2ccc(N)nn2)cs1. The smallest absolute Gasteiger partial charge is 0.146 e. The lowest BCUT2D eigenvalue weighted by atomic mass is 10.3. The van der Waals surface area contributed by atoms with E-state index in [9.17, 15) is 0 Å². The van der Waals surface area contributed by atoms with Gasteiger partial charge in [-0.1, -0.05) is 0 Å². The summed E-state index contributed by atoms with van der Waals surface area (Å²) in [5.41, 5.74) is 7.04. The molecule has 0 aromatic carbocycles. The second-order valence-electron chi connectivity index (χ2n) is 2.60. The average molecular weight is 192 g/mol. The lowest BCUT2D eigenvalue weighted by molar-refractivity contribution is 1.04. The molecular formula is C8H8N4S. The molecule has 13 heavy (non-hydrogen) atoms. The molecule has 0 bridgehead atoms. The second-order valence-corrected chi connectivity index (χ2v) is 3.66. The van der Waals surface area contributed by atoms with Gasteiger partial charge in [-0.05, 0) is 19.1 Å². The van der Waals surface area contributed by atoms with Crippen LogP contribution in [-0.2, 0) is 0 Å². The van der Waals surface area contributed by atoms with E-state index in [1.165, 1.54) is 0 Å². The Labute approximate surface area is 79.5 Å². The molecule has 0 atom stereocenters. The number of nitrogens with two attached hydrogens (primary N) is 1. The van der Waals surface area contributed by atoms with E-state index in [-0.39, 0.29) is 0 Å². The van der Waals surface area contributed by atoms with E-state index in [2.05, 4.69) is 15.2 Å². The highest BCUT2D eigenvalue weighted by Gasteiger charge is 2.02. The molecule has 0 fully saturated rings. The molecule has 0 spiro atoms. The molecule has 0 aliphatic carbocycles. The lowest BCUT2D eigenvalue weighted by Crippen LogP contribution is -1.93. The zero-order valence-corrected chi connectivity index (χ0v) is 7.88. The van der Waals surface area contributed by atoms with E-state index in [1.54, 1.807) is 17.4 Å². The summed E-state index contributed by atoms with van der Waals surface area (Å²) in [7, 11) is 0. The first kappa shape index (κ1) is 8.12. The van der Waals surface area contributed by atoms with Gasteiger partial charge in [-0.25, -0.2) is 4.98 Å². The van der Waals surface area contributed by atoms with Crippen LogP contribution in [0, 0.1) is 6.92 Å². The van der Waals surface area contributed by atoms with E-state index in [4.69, 9.17) is 5.73 Å². The Morgan fingerprint density at radius 1 is 1.23 bits per heavy atom. The molecular weight excluding hydrogens is 184 g/mol. The number of hydrogen-bond acceptors (Lipinski definition) is 5. The van der Waals surface area contributed by atoms with Crippen molar-refractivity contribution < 1.29 is 0 Å².